The summed E-state index contributed by atoms with van der Waals surface area (Å²) < 4.78 is 5.10. The summed E-state index contributed by atoms with van der Waals surface area (Å²) in [5, 5.41) is 13.8. The maximum Gasteiger partial charge on any atom is 0.377 e. The number of hydrogen-bond acceptors (Lipinski definition) is 8. The van der Waals surface area contributed by atoms with Crippen molar-refractivity contribution in [2.45, 2.75) is 52.3 Å². The number of nitro groups is 1. The summed E-state index contributed by atoms with van der Waals surface area (Å²) in [6.07, 6.45) is 0.958. The van der Waals surface area contributed by atoms with Crippen LogP contribution in [-0.4, -0.2) is 68.9 Å². The molecule has 0 bridgehead atoms. The van der Waals surface area contributed by atoms with Gasteiger partial charge >= 0.3 is 5.97 Å². The van der Waals surface area contributed by atoms with E-state index in [0.717, 1.165) is 0 Å². The highest BCUT2D eigenvalue weighted by Gasteiger charge is 2.42. The van der Waals surface area contributed by atoms with Gasteiger partial charge in [-0.1, -0.05) is 74.5 Å². The Balaban J connectivity index is 1.68. The summed E-state index contributed by atoms with van der Waals surface area (Å²) in [4.78, 5) is 80.4. The quantitative estimate of drug-likeness (QED) is 0.134. The van der Waals surface area contributed by atoms with Crippen molar-refractivity contribution in [3.05, 3.63) is 118 Å². The predicted molar refractivity (Wildman–Crippen MR) is 172 cm³/mol. The number of nitrogens with zero attached hydrogens (tertiary/aromatic N) is 3. The molecule has 1 N–H and O–H groups in total. The maximum atomic E-state index is 14.2. The highest BCUT2D eigenvalue weighted by atomic mass is 16.6. The number of ether oxygens (including phenoxy) is 1. The van der Waals surface area contributed by atoms with Crippen molar-refractivity contribution >= 4 is 40.9 Å². The van der Waals surface area contributed by atoms with E-state index >= 15 is 0 Å². The van der Waals surface area contributed by atoms with Crippen LogP contribution in [0, 0.1) is 16.0 Å². The molecule has 3 amide bonds. The number of hydrogen-bond donors (Lipinski definition) is 1. The van der Waals surface area contributed by atoms with Crippen molar-refractivity contribution < 1.29 is 33.6 Å². The average Bonchev–Trinajstić information content (AvgIpc) is 3.04. The second-order valence-electron chi connectivity index (χ2n) is 11.6. The molecule has 244 valence electrons. The molecule has 0 saturated heterocycles. The zero-order valence-corrected chi connectivity index (χ0v) is 26.5. The largest absolute Gasteiger partial charge is 0.457 e. The van der Waals surface area contributed by atoms with Crippen LogP contribution in [0.25, 0.3) is 5.70 Å². The lowest BCUT2D eigenvalue weighted by Crippen LogP contribution is -2.57. The van der Waals surface area contributed by atoms with Crippen LogP contribution in [0.1, 0.15) is 49.2 Å². The van der Waals surface area contributed by atoms with E-state index < -0.39 is 65.0 Å². The minimum absolute atomic E-state index is 0.0140. The van der Waals surface area contributed by atoms with Gasteiger partial charge in [-0.3, -0.25) is 34.2 Å². The lowest BCUT2D eigenvalue weighted by atomic mass is 9.96. The van der Waals surface area contributed by atoms with Gasteiger partial charge < -0.3 is 15.0 Å². The molecule has 3 aromatic rings. The highest BCUT2D eigenvalue weighted by Crippen LogP contribution is 2.31. The van der Waals surface area contributed by atoms with Gasteiger partial charge in [0.05, 0.1) is 16.7 Å². The zero-order valence-electron chi connectivity index (χ0n) is 26.5. The first kappa shape index (κ1) is 34.2. The third-order valence-corrected chi connectivity index (χ3v) is 7.41. The Morgan fingerprint density at radius 1 is 0.894 bits per heavy atom. The fourth-order valence-electron chi connectivity index (χ4n) is 5.20. The van der Waals surface area contributed by atoms with Crippen molar-refractivity contribution in [1.82, 2.24) is 15.1 Å². The number of nitro benzene ring substituents is 1. The number of amides is 3. The van der Waals surface area contributed by atoms with Crippen LogP contribution < -0.4 is 5.32 Å². The van der Waals surface area contributed by atoms with Crippen LogP contribution in [0.15, 0.2) is 91.1 Å². The van der Waals surface area contributed by atoms with E-state index in [1.54, 1.807) is 88.4 Å². The average molecular weight is 641 g/mol. The molecule has 1 heterocycles. The van der Waals surface area contributed by atoms with E-state index in [9.17, 15) is 34.1 Å². The smallest absolute Gasteiger partial charge is 0.377 e. The molecule has 1 aliphatic rings. The molecule has 47 heavy (non-hydrogen) atoms. The van der Waals surface area contributed by atoms with Gasteiger partial charge in [-0.2, -0.15) is 0 Å². The fraction of sp³-hybridized carbons (Fsp3) is 0.286. The summed E-state index contributed by atoms with van der Waals surface area (Å²) in [5.74, 6) is -4.22. The number of ketones is 1. The minimum atomic E-state index is -1.26. The first-order valence-corrected chi connectivity index (χ1v) is 15.1. The molecule has 2 atom stereocenters. The van der Waals surface area contributed by atoms with Gasteiger partial charge in [0, 0.05) is 30.3 Å². The first-order chi connectivity index (χ1) is 22.4. The lowest BCUT2D eigenvalue weighted by molar-refractivity contribution is -0.384. The number of Topliss-reactive ketones (excluding diaryl/α,β-unsaturated/α-hetero) is 1. The molecular weight excluding hydrogens is 604 g/mol. The maximum absolute atomic E-state index is 14.2. The minimum Gasteiger partial charge on any atom is -0.457 e. The molecule has 12 heteroatoms. The summed E-state index contributed by atoms with van der Waals surface area (Å²) in [6.45, 7) is 6.22. The standard InChI is InChI=1S/C35H36N4O8/c1-22(2)31-34(43)37(21-30(40)36-28(19-24-11-7-5-8-12-24)32(41)35(44)47-23(3)4)29(25-13-9-6-10-14-25)20-38(31)33(42)26-15-17-27(18-16-26)39(45)46/h5-18,20,22-23,28,31H,19,21H2,1-4H3,(H,36,40)/t28-,31?/m0/s1. The molecule has 0 radical (unpaired) electrons. The topological polar surface area (TPSA) is 156 Å². The first-order valence-electron chi connectivity index (χ1n) is 15.1. The van der Waals surface area contributed by atoms with Crippen LogP contribution in [-0.2, 0) is 30.3 Å². The van der Waals surface area contributed by atoms with Gasteiger partial charge in [-0.05, 0) is 43.0 Å². The van der Waals surface area contributed by atoms with Crippen molar-refractivity contribution in [1.29, 1.82) is 0 Å². The van der Waals surface area contributed by atoms with Crippen LogP contribution in [0.4, 0.5) is 5.69 Å². The molecule has 0 fully saturated rings. The Bertz CT molecular complexity index is 1670. The second-order valence-corrected chi connectivity index (χ2v) is 11.6. The predicted octanol–water partition coefficient (Wildman–Crippen LogP) is 4.15. The lowest BCUT2D eigenvalue weighted by Gasteiger charge is -2.41. The molecule has 3 aromatic carbocycles. The Hall–Kier alpha value is -5.65. The molecular formula is C35H36N4O8. The van der Waals surface area contributed by atoms with Gasteiger partial charge in [0.15, 0.2) is 0 Å². The third kappa shape index (κ3) is 8.34. The molecule has 12 nitrogen and oxygen atoms in total. The van der Waals surface area contributed by atoms with Crippen molar-refractivity contribution in [2.24, 2.45) is 5.92 Å². The van der Waals surface area contributed by atoms with E-state index in [4.69, 9.17) is 4.74 Å². The number of rotatable bonds is 12. The summed E-state index contributed by atoms with van der Waals surface area (Å²) in [5.41, 5.74) is 1.44. The van der Waals surface area contributed by atoms with Crippen LogP contribution >= 0.6 is 0 Å². The second kappa shape index (κ2) is 15.1. The SMILES string of the molecule is CC(C)OC(=O)C(=O)[C@H](Cc1ccccc1)NC(=O)CN1C(=O)C(C(C)C)N(C(=O)c2ccc([N+](=O)[O-])cc2)C=C1c1ccccc1. The Morgan fingerprint density at radius 3 is 2.04 bits per heavy atom. The molecule has 0 aliphatic carbocycles. The molecule has 4 rings (SSSR count). The van der Waals surface area contributed by atoms with Crippen molar-refractivity contribution in [2.75, 3.05) is 6.54 Å². The van der Waals surface area contributed by atoms with Gasteiger partial charge in [-0.25, -0.2) is 4.79 Å². The Labute approximate surface area is 272 Å². The molecule has 1 aliphatic heterocycles. The highest BCUT2D eigenvalue weighted by molar-refractivity contribution is 6.36. The number of benzene rings is 3. The molecule has 1 unspecified atom stereocenters. The Morgan fingerprint density at radius 2 is 1.49 bits per heavy atom. The summed E-state index contributed by atoms with van der Waals surface area (Å²) in [6, 6.07) is 20.3. The fourth-order valence-corrected chi connectivity index (χ4v) is 5.20. The number of nitrogens with one attached hydrogen (secondary N) is 1. The van der Waals surface area contributed by atoms with Crippen LogP contribution in [0.5, 0.6) is 0 Å². The van der Waals surface area contributed by atoms with Gasteiger partial charge in [0.1, 0.15) is 18.6 Å². The third-order valence-electron chi connectivity index (χ3n) is 7.41. The van der Waals surface area contributed by atoms with Gasteiger partial charge in [-0.15, -0.1) is 0 Å². The van der Waals surface area contributed by atoms with E-state index in [2.05, 4.69) is 5.32 Å². The van der Waals surface area contributed by atoms with Gasteiger partial charge in [0.2, 0.25) is 5.91 Å². The molecule has 0 aromatic heterocycles. The van der Waals surface area contributed by atoms with E-state index in [0.29, 0.717) is 11.1 Å². The zero-order chi connectivity index (χ0) is 34.2. The number of carbonyl (C=O) groups is 5. The normalized spacial score (nSPS) is 15.2. The monoisotopic (exact) mass is 640 g/mol. The molecule has 0 spiro atoms. The number of carbonyl (C=O) groups excluding carboxylic acids is 5. The molecule has 0 saturated carbocycles. The van der Waals surface area contributed by atoms with E-state index in [1.165, 1.54) is 40.3 Å². The number of esters is 1. The van der Waals surface area contributed by atoms with E-state index in [1.807, 2.05) is 0 Å². The van der Waals surface area contributed by atoms with E-state index in [-0.39, 0.29) is 23.4 Å². The van der Waals surface area contributed by atoms with Gasteiger partial charge in [0.25, 0.3) is 23.3 Å². The number of non-ortho nitro benzene ring substituents is 1. The van der Waals surface area contributed by atoms with Crippen molar-refractivity contribution in [3.8, 4) is 0 Å². The van der Waals surface area contributed by atoms with Crippen molar-refractivity contribution in [3.63, 3.8) is 0 Å². The Kier molecular flexibility index (Phi) is 11.0. The summed E-state index contributed by atoms with van der Waals surface area (Å²) in [7, 11) is 0. The summed E-state index contributed by atoms with van der Waals surface area (Å²) >= 11 is 0. The van der Waals surface area contributed by atoms with Crippen LogP contribution in [0.3, 0.4) is 0 Å². The van der Waals surface area contributed by atoms with Crippen LogP contribution in [0.2, 0.25) is 0 Å².